The molecule has 0 fully saturated rings. The second-order valence-electron chi connectivity index (χ2n) is 3.71. The highest BCUT2D eigenvalue weighted by Crippen LogP contribution is 2.19. The third-order valence-corrected chi connectivity index (χ3v) is 2.70. The van der Waals surface area contributed by atoms with Crippen molar-refractivity contribution >= 4 is 22.9 Å². The van der Waals surface area contributed by atoms with Crippen molar-refractivity contribution in [1.29, 1.82) is 0 Å². The van der Waals surface area contributed by atoms with Crippen molar-refractivity contribution in [3.05, 3.63) is 47.6 Å². The average molecular weight is 245 g/mol. The molecule has 2 heterocycles. The summed E-state index contributed by atoms with van der Waals surface area (Å²) in [5.41, 5.74) is 8.01. The first-order valence-electron chi connectivity index (χ1n) is 5.10. The zero-order valence-corrected chi connectivity index (χ0v) is 9.59. The lowest BCUT2D eigenvalue weighted by molar-refractivity contribution is 0.966. The maximum atomic E-state index is 5.90. The Morgan fingerprint density at radius 2 is 1.88 bits per heavy atom. The van der Waals surface area contributed by atoms with Crippen LogP contribution in [0.25, 0.3) is 17.0 Å². The number of benzene rings is 1. The monoisotopic (exact) mass is 244 g/mol. The van der Waals surface area contributed by atoms with Crippen LogP contribution >= 0.6 is 11.6 Å². The Balaban J connectivity index is 2.14. The summed E-state index contributed by atoms with van der Waals surface area (Å²) in [5.74, 6) is 0.660. The van der Waals surface area contributed by atoms with Crippen molar-refractivity contribution in [2.45, 2.75) is 0 Å². The van der Waals surface area contributed by atoms with Gasteiger partial charge in [0.15, 0.2) is 11.5 Å². The molecule has 0 saturated heterocycles. The molecule has 2 aromatic heterocycles. The molecule has 5 heteroatoms. The number of nitrogen functional groups attached to an aromatic ring is 1. The first kappa shape index (κ1) is 10.1. The van der Waals surface area contributed by atoms with Gasteiger partial charge < -0.3 is 5.73 Å². The first-order chi connectivity index (χ1) is 8.22. The predicted molar refractivity (Wildman–Crippen MR) is 67.8 cm³/mol. The minimum atomic E-state index is 0.647. The van der Waals surface area contributed by atoms with Crippen LogP contribution in [0, 0.1) is 0 Å². The van der Waals surface area contributed by atoms with Gasteiger partial charge >= 0.3 is 0 Å². The van der Waals surface area contributed by atoms with E-state index in [2.05, 4.69) is 10.1 Å². The summed E-state index contributed by atoms with van der Waals surface area (Å²) in [4.78, 5) is 4.40. The number of hydrogen-bond acceptors (Lipinski definition) is 3. The summed E-state index contributed by atoms with van der Waals surface area (Å²) in [6.07, 6.45) is 1.78. The van der Waals surface area contributed by atoms with Gasteiger partial charge in [0.25, 0.3) is 0 Å². The third-order valence-electron chi connectivity index (χ3n) is 2.47. The van der Waals surface area contributed by atoms with Gasteiger partial charge in [-0.15, -0.1) is 5.10 Å². The molecule has 0 aliphatic heterocycles. The van der Waals surface area contributed by atoms with Crippen LogP contribution in [0.4, 0.5) is 5.69 Å². The SMILES string of the molecule is Nc1ccc(-c2nc3cc(Cl)ccn3n2)cc1. The molecule has 0 amide bonds. The topological polar surface area (TPSA) is 56.2 Å². The van der Waals surface area contributed by atoms with Crippen molar-refractivity contribution in [2.75, 3.05) is 5.73 Å². The van der Waals surface area contributed by atoms with Crippen LogP contribution in [-0.2, 0) is 0 Å². The number of aromatic nitrogens is 3. The van der Waals surface area contributed by atoms with Crippen LogP contribution in [-0.4, -0.2) is 14.6 Å². The molecular weight excluding hydrogens is 236 g/mol. The average Bonchev–Trinajstić information content (AvgIpc) is 2.72. The Kier molecular flexibility index (Phi) is 2.23. The highest BCUT2D eigenvalue weighted by molar-refractivity contribution is 6.30. The normalized spacial score (nSPS) is 10.9. The van der Waals surface area contributed by atoms with Crippen molar-refractivity contribution < 1.29 is 0 Å². The van der Waals surface area contributed by atoms with Crippen molar-refractivity contribution in [3.8, 4) is 11.4 Å². The molecule has 17 heavy (non-hydrogen) atoms. The second-order valence-corrected chi connectivity index (χ2v) is 4.14. The van der Waals surface area contributed by atoms with Gasteiger partial charge in [-0.2, -0.15) is 0 Å². The minimum Gasteiger partial charge on any atom is -0.399 e. The Bertz CT molecular complexity index is 673. The Hall–Kier alpha value is -2.07. The van der Waals surface area contributed by atoms with Gasteiger partial charge in [-0.1, -0.05) is 11.6 Å². The summed E-state index contributed by atoms with van der Waals surface area (Å²) >= 11 is 5.90. The predicted octanol–water partition coefficient (Wildman–Crippen LogP) is 2.63. The lowest BCUT2D eigenvalue weighted by Gasteiger charge is -1.94. The van der Waals surface area contributed by atoms with E-state index in [1.165, 1.54) is 0 Å². The summed E-state index contributed by atoms with van der Waals surface area (Å²) in [5, 5.41) is 5.01. The number of nitrogens with zero attached hydrogens (tertiary/aromatic N) is 3. The van der Waals surface area contributed by atoms with E-state index >= 15 is 0 Å². The quantitative estimate of drug-likeness (QED) is 0.670. The first-order valence-corrected chi connectivity index (χ1v) is 5.48. The molecule has 0 radical (unpaired) electrons. The van der Waals surface area contributed by atoms with Crippen molar-refractivity contribution in [1.82, 2.24) is 14.6 Å². The Morgan fingerprint density at radius 3 is 2.65 bits per heavy atom. The third kappa shape index (κ3) is 1.83. The highest BCUT2D eigenvalue weighted by atomic mass is 35.5. The van der Waals surface area contributed by atoms with Crippen LogP contribution in [0.15, 0.2) is 42.6 Å². The molecule has 84 valence electrons. The van der Waals surface area contributed by atoms with Gasteiger partial charge in [-0.05, 0) is 30.3 Å². The zero-order chi connectivity index (χ0) is 11.8. The number of nitrogens with two attached hydrogens (primary N) is 1. The molecule has 1 aromatic carbocycles. The van der Waals surface area contributed by atoms with Gasteiger partial charge in [-0.3, -0.25) is 0 Å². The van der Waals surface area contributed by atoms with Gasteiger partial charge in [-0.25, -0.2) is 9.50 Å². The Labute approximate surface area is 103 Å². The number of hydrogen-bond donors (Lipinski definition) is 1. The fourth-order valence-electron chi connectivity index (χ4n) is 1.61. The maximum Gasteiger partial charge on any atom is 0.182 e. The second kappa shape index (κ2) is 3.75. The molecule has 0 spiro atoms. The minimum absolute atomic E-state index is 0.647. The molecular formula is C12H9ClN4. The fraction of sp³-hybridized carbons (Fsp3) is 0. The maximum absolute atomic E-state index is 5.90. The summed E-state index contributed by atoms with van der Waals surface area (Å²) in [6.45, 7) is 0. The molecule has 2 N–H and O–H groups in total. The smallest absolute Gasteiger partial charge is 0.182 e. The van der Waals surface area contributed by atoms with E-state index in [-0.39, 0.29) is 0 Å². The van der Waals surface area contributed by atoms with E-state index in [9.17, 15) is 0 Å². The van der Waals surface area contributed by atoms with E-state index in [1.54, 1.807) is 22.8 Å². The summed E-state index contributed by atoms with van der Waals surface area (Å²) in [7, 11) is 0. The molecule has 3 rings (SSSR count). The molecule has 0 saturated carbocycles. The van der Waals surface area contributed by atoms with Crippen LogP contribution in [0.2, 0.25) is 5.02 Å². The van der Waals surface area contributed by atoms with Gasteiger partial charge in [0.1, 0.15) is 0 Å². The molecule has 3 aromatic rings. The van der Waals surface area contributed by atoms with Gasteiger partial charge in [0, 0.05) is 28.5 Å². The van der Waals surface area contributed by atoms with Gasteiger partial charge in [0.05, 0.1) is 0 Å². The molecule has 0 unspecified atom stereocenters. The number of halogens is 1. The number of rotatable bonds is 1. The molecule has 0 bridgehead atoms. The van der Waals surface area contributed by atoms with Crippen LogP contribution in [0.1, 0.15) is 0 Å². The molecule has 4 nitrogen and oxygen atoms in total. The number of anilines is 1. The molecule has 0 atom stereocenters. The van der Waals surface area contributed by atoms with E-state index in [0.717, 1.165) is 16.9 Å². The summed E-state index contributed by atoms with van der Waals surface area (Å²) < 4.78 is 1.69. The number of fused-ring (bicyclic) bond motifs is 1. The fourth-order valence-corrected chi connectivity index (χ4v) is 1.77. The molecule has 0 aliphatic carbocycles. The summed E-state index contributed by atoms with van der Waals surface area (Å²) in [6, 6.07) is 11.0. The van der Waals surface area contributed by atoms with Crippen molar-refractivity contribution in [3.63, 3.8) is 0 Å². The Morgan fingerprint density at radius 1 is 1.12 bits per heavy atom. The van der Waals surface area contributed by atoms with Crippen LogP contribution < -0.4 is 5.73 Å². The standard InChI is InChI=1S/C12H9ClN4/c13-9-5-6-17-11(7-9)15-12(16-17)8-1-3-10(14)4-2-8/h1-7H,14H2. The van der Waals surface area contributed by atoms with Crippen LogP contribution in [0.3, 0.4) is 0 Å². The lowest BCUT2D eigenvalue weighted by Crippen LogP contribution is -1.86. The lowest BCUT2D eigenvalue weighted by atomic mass is 10.2. The molecule has 0 aliphatic rings. The zero-order valence-electron chi connectivity index (χ0n) is 8.84. The van der Waals surface area contributed by atoms with E-state index < -0.39 is 0 Å². The van der Waals surface area contributed by atoms with E-state index in [4.69, 9.17) is 17.3 Å². The van der Waals surface area contributed by atoms with Gasteiger partial charge in [0.2, 0.25) is 0 Å². The number of pyridine rings is 1. The largest absolute Gasteiger partial charge is 0.399 e. The van der Waals surface area contributed by atoms with E-state index in [1.807, 2.05) is 24.3 Å². The van der Waals surface area contributed by atoms with E-state index in [0.29, 0.717) is 10.8 Å². The highest BCUT2D eigenvalue weighted by Gasteiger charge is 2.06. The van der Waals surface area contributed by atoms with Crippen molar-refractivity contribution in [2.24, 2.45) is 0 Å². The van der Waals surface area contributed by atoms with Crippen LogP contribution in [0.5, 0.6) is 0 Å².